The van der Waals surface area contributed by atoms with Gasteiger partial charge in [0.25, 0.3) is 0 Å². The molecule has 5 heteroatoms. The highest BCUT2D eigenvalue weighted by atomic mass is 16.5. The Morgan fingerprint density at radius 1 is 1.17 bits per heavy atom. The van der Waals surface area contributed by atoms with Gasteiger partial charge in [-0.2, -0.15) is 0 Å². The Labute approximate surface area is 212 Å². The molecule has 2 aliphatic heterocycles. The van der Waals surface area contributed by atoms with Crippen molar-refractivity contribution < 1.29 is 14.3 Å². The van der Waals surface area contributed by atoms with E-state index in [1.54, 1.807) is 5.57 Å². The third-order valence-electron chi connectivity index (χ3n) is 12.0. The number of rotatable bonds is 2. The number of carbonyl (C=O) groups excluding carboxylic acids is 1. The second kappa shape index (κ2) is 8.84. The van der Waals surface area contributed by atoms with Crippen LogP contribution in [-0.4, -0.2) is 42.9 Å². The van der Waals surface area contributed by atoms with E-state index in [0.717, 1.165) is 43.6 Å². The Morgan fingerprint density at radius 2 is 2.00 bits per heavy atom. The monoisotopic (exact) mass is 484 g/mol. The lowest BCUT2D eigenvalue weighted by Crippen LogP contribution is -2.49. The van der Waals surface area contributed by atoms with E-state index >= 15 is 0 Å². The number of carbonyl (C=O) groups is 1. The summed E-state index contributed by atoms with van der Waals surface area (Å²) in [5.41, 5.74) is 9.40. The summed E-state index contributed by atoms with van der Waals surface area (Å²) < 4.78 is 12.7. The number of allylic oxidation sites excluding steroid dienone is 1. The molecule has 35 heavy (non-hydrogen) atoms. The van der Waals surface area contributed by atoms with Crippen LogP contribution in [0.15, 0.2) is 11.1 Å². The highest BCUT2D eigenvalue weighted by Gasteiger charge is 2.59. The summed E-state index contributed by atoms with van der Waals surface area (Å²) >= 11 is 0. The van der Waals surface area contributed by atoms with Gasteiger partial charge < -0.3 is 20.5 Å². The van der Waals surface area contributed by atoms with E-state index in [-0.39, 0.29) is 24.2 Å². The summed E-state index contributed by atoms with van der Waals surface area (Å²) in [6, 6.07) is 0.535. The molecule has 3 saturated carbocycles. The van der Waals surface area contributed by atoms with Crippen molar-refractivity contribution in [2.45, 2.75) is 116 Å². The van der Waals surface area contributed by atoms with E-state index in [4.69, 9.17) is 15.2 Å². The quantitative estimate of drug-likeness (QED) is 0.427. The average molecular weight is 485 g/mol. The number of nitrogens with one attached hydrogen (secondary N) is 1. The lowest BCUT2D eigenvalue weighted by Gasteiger charge is -2.54. The summed E-state index contributed by atoms with van der Waals surface area (Å²) in [6.07, 6.45) is 12.5. The van der Waals surface area contributed by atoms with Crippen molar-refractivity contribution in [3.05, 3.63) is 11.1 Å². The molecule has 0 aromatic carbocycles. The fourth-order valence-corrected chi connectivity index (χ4v) is 10.1. The van der Waals surface area contributed by atoms with Crippen LogP contribution in [0.1, 0.15) is 91.9 Å². The summed E-state index contributed by atoms with van der Waals surface area (Å²) in [6.45, 7) is 11.0. The fourth-order valence-electron chi connectivity index (χ4n) is 10.1. The molecule has 4 aliphatic carbocycles. The highest BCUT2D eigenvalue weighted by Crippen LogP contribution is 2.65. The van der Waals surface area contributed by atoms with Crippen molar-refractivity contribution in [3.8, 4) is 0 Å². The summed E-state index contributed by atoms with van der Waals surface area (Å²) in [4.78, 5) is 11.8. The van der Waals surface area contributed by atoms with Crippen molar-refractivity contribution in [2.24, 2.45) is 46.7 Å². The number of nitrogens with two attached hydrogens (primary N) is 1. The zero-order valence-corrected chi connectivity index (χ0v) is 22.5. The summed E-state index contributed by atoms with van der Waals surface area (Å²) in [5.74, 6) is 4.13. The van der Waals surface area contributed by atoms with Crippen molar-refractivity contribution >= 4 is 5.97 Å². The number of piperidine rings is 1. The molecular weight excluding hydrogens is 436 g/mol. The normalized spacial score (nSPS) is 51.3. The maximum atomic E-state index is 11.8. The maximum absolute atomic E-state index is 11.8. The molecular formula is C30H48N2O3. The van der Waals surface area contributed by atoms with Crippen LogP contribution in [0.3, 0.4) is 0 Å². The van der Waals surface area contributed by atoms with Gasteiger partial charge in [0, 0.05) is 12.0 Å². The standard InChI is InChI=1S/C30H48N2O3/c1-17-11-26-28(32-16-17)19(3)30(35-26)10-8-22-23-6-5-20-12-21(34-27(33)15-31)7-9-29(20,4)25(23)13-24(22)18(2)14-30/h17,19-23,25-26,28,32H,5-16,31H2,1-4H3/t17-,19+,20+,21+,22?,23-,25?,26+,28?,29-,30-/m0/s1. The zero-order valence-electron chi connectivity index (χ0n) is 22.5. The van der Waals surface area contributed by atoms with Crippen LogP contribution >= 0.6 is 0 Å². The third-order valence-corrected chi connectivity index (χ3v) is 12.0. The van der Waals surface area contributed by atoms with E-state index in [2.05, 4.69) is 33.0 Å². The van der Waals surface area contributed by atoms with E-state index in [9.17, 15) is 4.79 Å². The molecule has 1 spiro atoms. The Hall–Kier alpha value is -0.910. The molecule has 5 fully saturated rings. The molecule has 6 aliphatic rings. The number of hydrogen-bond acceptors (Lipinski definition) is 5. The molecule has 0 radical (unpaired) electrons. The minimum Gasteiger partial charge on any atom is -0.461 e. The highest BCUT2D eigenvalue weighted by molar-refractivity contribution is 5.71. The second-order valence-electron chi connectivity index (χ2n) is 13.8. The van der Waals surface area contributed by atoms with Crippen LogP contribution in [0.2, 0.25) is 0 Å². The first-order valence-electron chi connectivity index (χ1n) is 14.7. The van der Waals surface area contributed by atoms with Gasteiger partial charge in [0.1, 0.15) is 6.10 Å². The van der Waals surface area contributed by atoms with Crippen LogP contribution in [0, 0.1) is 40.9 Å². The molecule has 5 nitrogen and oxygen atoms in total. The molecule has 2 heterocycles. The van der Waals surface area contributed by atoms with Gasteiger partial charge >= 0.3 is 5.97 Å². The SMILES string of the molecule is CC1=C2CC3[C@@H](CC[C@@H]4C[C@H](OC(=O)CN)CC[C@]34C)C2CC[C@@]2(C1)O[C@@H]1C[C@H](C)CNC1[C@H]2C. The van der Waals surface area contributed by atoms with Gasteiger partial charge in [0.15, 0.2) is 0 Å². The topological polar surface area (TPSA) is 73.6 Å². The molecule has 3 unspecified atom stereocenters. The largest absolute Gasteiger partial charge is 0.461 e. The first kappa shape index (κ1) is 24.4. The molecule has 6 rings (SSSR count). The Bertz CT molecular complexity index is 887. The van der Waals surface area contributed by atoms with Gasteiger partial charge in [0.05, 0.1) is 18.2 Å². The summed E-state index contributed by atoms with van der Waals surface area (Å²) in [7, 11) is 0. The minimum absolute atomic E-state index is 0.00134. The number of esters is 1. The number of ether oxygens (including phenoxy) is 2. The maximum Gasteiger partial charge on any atom is 0.319 e. The van der Waals surface area contributed by atoms with Crippen molar-refractivity contribution in [1.82, 2.24) is 5.32 Å². The van der Waals surface area contributed by atoms with Gasteiger partial charge in [-0.3, -0.25) is 4.79 Å². The van der Waals surface area contributed by atoms with E-state index < -0.39 is 0 Å². The Balaban J connectivity index is 1.21. The smallest absolute Gasteiger partial charge is 0.319 e. The first-order valence-corrected chi connectivity index (χ1v) is 14.7. The fraction of sp³-hybridized carbons (Fsp3) is 0.900. The molecule has 3 N–H and O–H groups in total. The van der Waals surface area contributed by atoms with Crippen molar-refractivity contribution in [2.75, 3.05) is 13.1 Å². The molecule has 196 valence electrons. The van der Waals surface area contributed by atoms with Crippen molar-refractivity contribution in [3.63, 3.8) is 0 Å². The van der Waals surface area contributed by atoms with Crippen LogP contribution in [0.25, 0.3) is 0 Å². The van der Waals surface area contributed by atoms with Crippen LogP contribution in [-0.2, 0) is 14.3 Å². The molecule has 0 bridgehead atoms. The van der Waals surface area contributed by atoms with E-state index in [1.165, 1.54) is 44.9 Å². The van der Waals surface area contributed by atoms with Gasteiger partial charge in [0.2, 0.25) is 0 Å². The first-order chi connectivity index (χ1) is 16.7. The lowest BCUT2D eigenvalue weighted by atomic mass is 9.52. The van der Waals surface area contributed by atoms with E-state index in [1.807, 2.05) is 5.57 Å². The van der Waals surface area contributed by atoms with Gasteiger partial charge in [-0.05, 0) is 113 Å². The Kier molecular flexibility index (Phi) is 6.17. The van der Waals surface area contributed by atoms with Gasteiger partial charge in [-0.25, -0.2) is 0 Å². The second-order valence-corrected chi connectivity index (χ2v) is 13.8. The predicted molar refractivity (Wildman–Crippen MR) is 138 cm³/mol. The molecule has 0 aromatic heterocycles. The summed E-state index contributed by atoms with van der Waals surface area (Å²) in [5, 5.41) is 3.86. The van der Waals surface area contributed by atoms with Gasteiger partial charge in [-0.15, -0.1) is 0 Å². The number of hydrogen-bond donors (Lipinski definition) is 2. The lowest BCUT2D eigenvalue weighted by molar-refractivity contribution is -0.155. The molecule has 2 saturated heterocycles. The minimum atomic E-state index is -0.238. The molecule has 0 aromatic rings. The van der Waals surface area contributed by atoms with Gasteiger partial charge in [-0.1, -0.05) is 31.9 Å². The van der Waals surface area contributed by atoms with Crippen LogP contribution < -0.4 is 11.1 Å². The number of fused-ring (bicyclic) bond motifs is 6. The van der Waals surface area contributed by atoms with Crippen LogP contribution in [0.5, 0.6) is 0 Å². The van der Waals surface area contributed by atoms with Crippen LogP contribution in [0.4, 0.5) is 0 Å². The molecule has 11 atom stereocenters. The third kappa shape index (κ3) is 3.85. The zero-order chi connectivity index (χ0) is 24.5. The van der Waals surface area contributed by atoms with Crippen molar-refractivity contribution in [1.29, 1.82) is 0 Å². The Morgan fingerprint density at radius 3 is 2.80 bits per heavy atom. The predicted octanol–water partition coefficient (Wildman–Crippen LogP) is 4.98. The average Bonchev–Trinajstić information content (AvgIpc) is 3.29. The molecule has 0 amide bonds. The van der Waals surface area contributed by atoms with E-state index in [0.29, 0.717) is 35.3 Å².